The van der Waals surface area contributed by atoms with Crippen LogP contribution in [0.2, 0.25) is 0 Å². The lowest BCUT2D eigenvalue weighted by atomic mass is 9.80. The summed E-state index contributed by atoms with van der Waals surface area (Å²) >= 11 is 0. The van der Waals surface area contributed by atoms with Gasteiger partial charge in [-0.1, -0.05) is 105 Å². The van der Waals surface area contributed by atoms with Crippen molar-refractivity contribution in [2.75, 3.05) is 0 Å². The first-order valence-corrected chi connectivity index (χ1v) is 15.6. The van der Waals surface area contributed by atoms with Gasteiger partial charge in [-0.25, -0.2) is 0 Å². The highest BCUT2D eigenvalue weighted by molar-refractivity contribution is 6.09. The summed E-state index contributed by atoms with van der Waals surface area (Å²) in [5, 5.41) is 3.71. The number of aromatic nitrogens is 1. The Bertz CT molecular complexity index is 2290. The van der Waals surface area contributed by atoms with Crippen LogP contribution in [0.1, 0.15) is 61.1 Å². The van der Waals surface area contributed by atoms with E-state index in [0.717, 1.165) is 23.2 Å². The molecule has 2 aromatic heterocycles. The molecule has 2 heterocycles. The molecular formula is C42H35NO. The summed E-state index contributed by atoms with van der Waals surface area (Å²) in [6, 6.07) is 28.1. The summed E-state index contributed by atoms with van der Waals surface area (Å²) in [6.07, 6.45) is 14.1. The first-order valence-electron chi connectivity index (χ1n) is 15.6. The summed E-state index contributed by atoms with van der Waals surface area (Å²) in [4.78, 5) is 3.54. The average molecular weight is 570 g/mol. The fourth-order valence-corrected chi connectivity index (χ4v) is 7.27. The van der Waals surface area contributed by atoms with Crippen LogP contribution in [0, 0.1) is 6.92 Å². The van der Waals surface area contributed by atoms with E-state index in [1.807, 2.05) is 18.2 Å². The number of para-hydroxylation sites is 2. The fourth-order valence-electron chi connectivity index (χ4n) is 7.27. The van der Waals surface area contributed by atoms with Crippen LogP contribution in [0.25, 0.3) is 55.6 Å². The molecule has 1 atom stereocenters. The maximum Gasteiger partial charge on any atom is 0.143 e. The molecule has 0 fully saturated rings. The van der Waals surface area contributed by atoms with Crippen molar-refractivity contribution in [2.45, 2.75) is 45.4 Å². The highest BCUT2D eigenvalue weighted by atomic mass is 16.3. The zero-order valence-corrected chi connectivity index (χ0v) is 25.7. The number of fused-ring (bicyclic) bond motifs is 8. The van der Waals surface area contributed by atoms with Crippen LogP contribution in [0.15, 0.2) is 125 Å². The van der Waals surface area contributed by atoms with Crippen LogP contribution < -0.4 is 0 Å². The Hall–Kier alpha value is -5.04. The molecule has 0 saturated carbocycles. The number of H-pyrrole nitrogens is 1. The molecule has 0 saturated heterocycles. The number of benzene rings is 4. The number of hydrogen-bond donors (Lipinski definition) is 1. The van der Waals surface area contributed by atoms with Gasteiger partial charge in [0.1, 0.15) is 11.2 Å². The Morgan fingerprint density at radius 3 is 2.64 bits per heavy atom. The van der Waals surface area contributed by atoms with E-state index < -0.39 is 0 Å². The minimum absolute atomic E-state index is 0.0463. The zero-order chi connectivity index (χ0) is 30.0. The number of nitrogens with one attached hydrogen (secondary N) is 1. The summed E-state index contributed by atoms with van der Waals surface area (Å²) < 4.78 is 6.28. The second-order valence-electron chi connectivity index (χ2n) is 12.9. The Morgan fingerprint density at radius 2 is 1.73 bits per heavy atom. The molecule has 3 aliphatic rings. The molecule has 2 nitrogen and oxygen atoms in total. The number of aromatic amines is 1. The van der Waals surface area contributed by atoms with Gasteiger partial charge in [-0.15, -0.1) is 5.73 Å². The van der Waals surface area contributed by atoms with E-state index >= 15 is 0 Å². The van der Waals surface area contributed by atoms with E-state index in [2.05, 4.69) is 136 Å². The molecule has 4 aromatic carbocycles. The average Bonchev–Trinajstić information content (AvgIpc) is 3.57. The minimum atomic E-state index is -0.0463. The molecule has 1 unspecified atom stereocenters. The van der Waals surface area contributed by atoms with Gasteiger partial charge in [-0.05, 0) is 77.6 Å². The molecule has 44 heavy (non-hydrogen) atoms. The van der Waals surface area contributed by atoms with Crippen LogP contribution >= 0.6 is 0 Å². The number of hydrogen-bond acceptors (Lipinski definition) is 1. The molecule has 2 heteroatoms. The van der Waals surface area contributed by atoms with Crippen molar-refractivity contribution in [3.63, 3.8) is 0 Å². The van der Waals surface area contributed by atoms with Crippen LogP contribution in [-0.4, -0.2) is 4.98 Å². The van der Waals surface area contributed by atoms with Crippen molar-refractivity contribution >= 4 is 44.5 Å². The molecule has 0 amide bonds. The Balaban J connectivity index is 0.000000162. The first kappa shape index (κ1) is 26.6. The Labute approximate surface area is 258 Å². The van der Waals surface area contributed by atoms with Crippen LogP contribution in [-0.2, 0) is 5.41 Å². The normalized spacial score (nSPS) is 17.5. The van der Waals surface area contributed by atoms with Crippen molar-refractivity contribution < 1.29 is 4.42 Å². The molecule has 9 rings (SSSR count). The van der Waals surface area contributed by atoms with E-state index in [9.17, 15) is 0 Å². The van der Waals surface area contributed by atoms with Crippen molar-refractivity contribution in [3.05, 3.63) is 148 Å². The molecule has 0 spiro atoms. The van der Waals surface area contributed by atoms with Crippen LogP contribution in [0.5, 0.6) is 0 Å². The maximum absolute atomic E-state index is 6.28. The van der Waals surface area contributed by atoms with Gasteiger partial charge in [-0.2, -0.15) is 0 Å². The number of allylic oxidation sites excluding steroid dienone is 6. The first-order chi connectivity index (χ1) is 21.4. The van der Waals surface area contributed by atoms with E-state index in [0.29, 0.717) is 5.92 Å². The fraction of sp³-hybridized carbons (Fsp3) is 0.167. The third-order valence-electron chi connectivity index (χ3n) is 9.64. The van der Waals surface area contributed by atoms with Crippen molar-refractivity contribution in [1.82, 2.24) is 4.98 Å². The summed E-state index contributed by atoms with van der Waals surface area (Å²) in [6.45, 7) is 9.05. The van der Waals surface area contributed by atoms with E-state index in [4.69, 9.17) is 4.42 Å². The number of aryl methyl sites for hydroxylation is 1. The van der Waals surface area contributed by atoms with Crippen molar-refractivity contribution in [2.24, 2.45) is 0 Å². The maximum atomic E-state index is 6.28. The van der Waals surface area contributed by atoms with E-state index in [-0.39, 0.29) is 5.41 Å². The second-order valence-corrected chi connectivity index (χ2v) is 12.9. The van der Waals surface area contributed by atoms with Gasteiger partial charge in [0.05, 0.1) is 0 Å². The Morgan fingerprint density at radius 1 is 0.864 bits per heavy atom. The SMILES string of the molecule is CC1(C)C2=C(C=C=CC=C2)c2ccc(-c3cccc4c3oc3ccccc34)cc21.Cc1ccc2[nH]c3c(c2c1)C=CCC3C. The molecule has 6 aromatic rings. The summed E-state index contributed by atoms with van der Waals surface area (Å²) in [5.74, 6) is 0.623. The van der Waals surface area contributed by atoms with Gasteiger partial charge in [0, 0.05) is 49.8 Å². The lowest BCUT2D eigenvalue weighted by molar-refractivity contribution is 0.654. The zero-order valence-electron chi connectivity index (χ0n) is 25.7. The summed E-state index contributed by atoms with van der Waals surface area (Å²) in [7, 11) is 0. The van der Waals surface area contributed by atoms with Gasteiger partial charge in [0.2, 0.25) is 0 Å². The molecule has 214 valence electrons. The molecule has 0 aliphatic heterocycles. The van der Waals surface area contributed by atoms with Gasteiger partial charge < -0.3 is 9.40 Å². The highest BCUT2D eigenvalue weighted by Gasteiger charge is 2.36. The van der Waals surface area contributed by atoms with Crippen molar-refractivity contribution in [1.29, 1.82) is 0 Å². The molecule has 3 aliphatic carbocycles. The monoisotopic (exact) mass is 569 g/mol. The van der Waals surface area contributed by atoms with Crippen molar-refractivity contribution in [3.8, 4) is 11.1 Å². The third-order valence-corrected chi connectivity index (χ3v) is 9.64. The number of furan rings is 1. The minimum Gasteiger partial charge on any atom is -0.455 e. The standard InChI is InChI=1S/C28H20O.C14H15N/c1-28(2)24-13-5-3-4-9-20(24)21-16-15-18(17-25(21)28)19-11-8-12-23-22-10-6-7-14-26(22)29-27(19)23;1-9-6-7-13-12(8-9)11-5-3-4-10(2)14(11)15-13/h3,5-17H,1-2H3;3,5-8,10,15H,4H2,1-2H3. The van der Waals surface area contributed by atoms with Gasteiger partial charge in [0.15, 0.2) is 0 Å². The predicted octanol–water partition coefficient (Wildman–Crippen LogP) is 11.6. The van der Waals surface area contributed by atoms with Gasteiger partial charge in [-0.3, -0.25) is 0 Å². The third kappa shape index (κ3) is 4.10. The number of rotatable bonds is 1. The smallest absolute Gasteiger partial charge is 0.143 e. The second kappa shape index (κ2) is 10.0. The molecular weight excluding hydrogens is 534 g/mol. The lowest BCUT2D eigenvalue weighted by Crippen LogP contribution is -2.16. The topological polar surface area (TPSA) is 28.9 Å². The van der Waals surface area contributed by atoms with Gasteiger partial charge >= 0.3 is 0 Å². The van der Waals surface area contributed by atoms with Crippen LogP contribution in [0.4, 0.5) is 0 Å². The van der Waals surface area contributed by atoms with Crippen LogP contribution in [0.3, 0.4) is 0 Å². The molecule has 0 bridgehead atoms. The predicted molar refractivity (Wildman–Crippen MR) is 186 cm³/mol. The summed E-state index contributed by atoms with van der Waals surface area (Å²) in [5.41, 5.74) is 18.2. The van der Waals surface area contributed by atoms with E-state index in [1.54, 1.807) is 0 Å². The molecule has 0 radical (unpaired) electrons. The van der Waals surface area contributed by atoms with Gasteiger partial charge in [0.25, 0.3) is 0 Å². The highest BCUT2D eigenvalue weighted by Crippen LogP contribution is 2.49. The molecule has 1 N–H and O–H groups in total. The quantitative estimate of drug-likeness (QED) is 0.196. The lowest BCUT2D eigenvalue weighted by Gasteiger charge is -2.23. The largest absolute Gasteiger partial charge is 0.455 e. The Kier molecular flexibility index (Phi) is 6.05. The van der Waals surface area contributed by atoms with E-state index in [1.165, 1.54) is 66.3 Å².